The van der Waals surface area contributed by atoms with Crippen LogP contribution in [0.3, 0.4) is 0 Å². The second-order valence-corrected chi connectivity index (χ2v) is 4.43. The molecule has 0 aromatic heterocycles. The predicted molar refractivity (Wildman–Crippen MR) is 54.0 cm³/mol. The highest BCUT2D eigenvalue weighted by molar-refractivity contribution is 6.42. The Kier molecular flexibility index (Phi) is 3.61. The minimum absolute atomic E-state index is 0.00333. The number of rotatable bonds is 4. The molecule has 0 aliphatic heterocycles. The topological polar surface area (TPSA) is 64.1 Å². The fraction of sp³-hybridized carbons (Fsp3) is 1.00. The molecular weight excluding hydrogens is 136 g/mol. The van der Waals surface area contributed by atoms with Gasteiger partial charge in [-0.15, -0.1) is 0 Å². The van der Waals surface area contributed by atoms with E-state index in [-0.39, 0.29) is 10.9 Å². The molecule has 64 valence electrons. The van der Waals surface area contributed by atoms with E-state index in [1.165, 1.54) is 0 Å². The molecule has 0 rings (SSSR count). The number of hydrogen-bond donors (Lipinski definition) is 3. The maximum Gasteiger partial charge on any atom is 0.221 e. The first-order valence-electron chi connectivity index (χ1n) is 4.01. The molecule has 5 N–H and O–H groups in total. The van der Waals surface area contributed by atoms with E-state index in [1.807, 2.05) is 13.8 Å². The summed E-state index contributed by atoms with van der Waals surface area (Å²) in [6, 6.07) is 0. The molecule has 0 aliphatic carbocycles. The smallest absolute Gasteiger partial charge is 0.221 e. The molecule has 0 spiro atoms. The summed E-state index contributed by atoms with van der Waals surface area (Å²) >= 11 is 0. The van der Waals surface area contributed by atoms with Crippen molar-refractivity contribution in [2.45, 2.75) is 38.6 Å². The van der Waals surface area contributed by atoms with Gasteiger partial charge in [-0.3, -0.25) is 0 Å². The Hall–Kier alpha value is 0.00987. The summed E-state index contributed by atoms with van der Waals surface area (Å²) < 4.78 is 0. The number of nitrogens with one attached hydrogen (secondary N) is 1. The molecule has 0 saturated carbocycles. The predicted octanol–water partition coefficient (Wildman–Crippen LogP) is -1.33. The Morgan fingerprint density at radius 2 is 1.64 bits per heavy atom. The van der Waals surface area contributed by atoms with E-state index in [1.54, 1.807) is 0 Å². The maximum atomic E-state index is 5.79. The third kappa shape index (κ3) is 6.41. The molecule has 0 aromatic rings. The third-order valence-electron chi connectivity index (χ3n) is 1.53. The SMILES string of the molecule is CC(C)(N)BNC(C)(C)BN. The zero-order valence-electron chi connectivity index (χ0n) is 8.07. The second kappa shape index (κ2) is 3.61. The molecule has 0 bridgehead atoms. The third-order valence-corrected chi connectivity index (χ3v) is 1.53. The van der Waals surface area contributed by atoms with Crippen LogP contribution < -0.4 is 16.6 Å². The van der Waals surface area contributed by atoms with E-state index in [4.69, 9.17) is 11.4 Å². The van der Waals surface area contributed by atoms with Crippen LogP contribution in [0.1, 0.15) is 27.7 Å². The zero-order valence-corrected chi connectivity index (χ0v) is 8.07. The Morgan fingerprint density at radius 3 is 1.91 bits per heavy atom. The monoisotopic (exact) mass is 155 g/mol. The number of nitrogens with two attached hydrogens (primary N) is 2. The first kappa shape index (κ1) is 11.0. The van der Waals surface area contributed by atoms with Crippen molar-refractivity contribution in [2.75, 3.05) is 0 Å². The van der Waals surface area contributed by atoms with Crippen molar-refractivity contribution >= 4 is 14.8 Å². The van der Waals surface area contributed by atoms with E-state index in [9.17, 15) is 0 Å². The van der Waals surface area contributed by atoms with Gasteiger partial charge in [-0.1, -0.05) is 27.7 Å². The lowest BCUT2D eigenvalue weighted by atomic mass is 9.63. The molecule has 0 radical (unpaired) electrons. The van der Waals surface area contributed by atoms with E-state index in [0.29, 0.717) is 7.41 Å². The lowest BCUT2D eigenvalue weighted by molar-refractivity contribution is 0.620. The largest absolute Gasteiger partial charge is 0.371 e. The lowest BCUT2D eigenvalue weighted by Crippen LogP contribution is -2.57. The summed E-state index contributed by atoms with van der Waals surface area (Å²) in [5, 5.41) is 3.30. The van der Waals surface area contributed by atoms with Crippen LogP contribution in [0.25, 0.3) is 0 Å². The fourth-order valence-corrected chi connectivity index (χ4v) is 0.539. The van der Waals surface area contributed by atoms with Gasteiger partial charge in [0.25, 0.3) is 0 Å². The van der Waals surface area contributed by atoms with Gasteiger partial charge < -0.3 is 16.6 Å². The fourth-order valence-electron chi connectivity index (χ4n) is 0.539. The minimum Gasteiger partial charge on any atom is -0.371 e. The van der Waals surface area contributed by atoms with Crippen molar-refractivity contribution in [3.05, 3.63) is 0 Å². The molecule has 0 atom stereocenters. The Balaban J connectivity index is 3.70. The summed E-state index contributed by atoms with van der Waals surface area (Å²) in [5.74, 6) is 0. The quantitative estimate of drug-likeness (QED) is 0.440. The Labute approximate surface area is 70.8 Å². The van der Waals surface area contributed by atoms with Gasteiger partial charge in [0.2, 0.25) is 14.8 Å². The van der Waals surface area contributed by atoms with Gasteiger partial charge in [-0.2, -0.15) is 0 Å². The molecule has 0 aromatic carbocycles. The molecule has 5 heteroatoms. The molecule has 0 saturated heterocycles. The minimum atomic E-state index is -0.160. The highest BCUT2D eigenvalue weighted by atomic mass is 14.9. The van der Waals surface area contributed by atoms with Gasteiger partial charge in [0.1, 0.15) is 0 Å². The van der Waals surface area contributed by atoms with Crippen molar-refractivity contribution in [3.63, 3.8) is 0 Å². The van der Waals surface area contributed by atoms with Crippen LogP contribution in [0.5, 0.6) is 0 Å². The van der Waals surface area contributed by atoms with Crippen LogP contribution >= 0.6 is 0 Å². The normalized spacial score (nSPS) is 12.9. The van der Waals surface area contributed by atoms with Crippen LogP contribution in [0.15, 0.2) is 0 Å². The van der Waals surface area contributed by atoms with Gasteiger partial charge >= 0.3 is 0 Å². The molecule has 0 heterocycles. The van der Waals surface area contributed by atoms with Crippen molar-refractivity contribution < 1.29 is 0 Å². The standard InChI is InChI=1S/C6H19B2N3/c1-5(2,9)8-11-6(3,4)7-10/h7-8,11H,9-10H2,1-4H3. The van der Waals surface area contributed by atoms with Crippen molar-refractivity contribution in [1.82, 2.24) is 5.23 Å². The highest BCUT2D eigenvalue weighted by Crippen LogP contribution is 1.98. The van der Waals surface area contributed by atoms with Gasteiger partial charge in [0, 0.05) is 0 Å². The Morgan fingerprint density at radius 1 is 1.18 bits per heavy atom. The van der Waals surface area contributed by atoms with Crippen LogP contribution in [-0.2, 0) is 0 Å². The molecule has 0 fully saturated rings. The average Bonchev–Trinajstić information content (AvgIpc) is 1.83. The van der Waals surface area contributed by atoms with Crippen molar-refractivity contribution in [3.8, 4) is 0 Å². The molecule has 3 nitrogen and oxygen atoms in total. The molecule has 11 heavy (non-hydrogen) atoms. The summed E-state index contributed by atoms with van der Waals surface area (Å²) in [6.07, 6.45) is 0. The van der Waals surface area contributed by atoms with Gasteiger partial charge in [-0.05, 0) is 10.9 Å². The van der Waals surface area contributed by atoms with Gasteiger partial charge in [0.05, 0.1) is 0 Å². The number of hydrogen-bond acceptors (Lipinski definition) is 3. The average molecular weight is 155 g/mol. The summed E-state index contributed by atoms with van der Waals surface area (Å²) in [5.41, 5.74) is 11.2. The van der Waals surface area contributed by atoms with E-state index in [2.05, 4.69) is 19.1 Å². The van der Waals surface area contributed by atoms with E-state index in [0.717, 1.165) is 7.41 Å². The summed E-state index contributed by atoms with van der Waals surface area (Å²) in [6.45, 7) is 8.12. The van der Waals surface area contributed by atoms with E-state index >= 15 is 0 Å². The summed E-state index contributed by atoms with van der Waals surface area (Å²) in [7, 11) is 1.42. The molecular formula is C6H19B2N3. The van der Waals surface area contributed by atoms with E-state index < -0.39 is 0 Å². The molecule has 0 aliphatic rings. The first-order valence-corrected chi connectivity index (χ1v) is 4.01. The van der Waals surface area contributed by atoms with Crippen LogP contribution in [0, 0.1) is 0 Å². The van der Waals surface area contributed by atoms with Crippen molar-refractivity contribution in [1.29, 1.82) is 0 Å². The zero-order chi connectivity index (χ0) is 9.12. The highest BCUT2D eigenvalue weighted by Gasteiger charge is 2.21. The van der Waals surface area contributed by atoms with Gasteiger partial charge in [-0.25, -0.2) is 0 Å². The lowest BCUT2D eigenvalue weighted by Gasteiger charge is -2.27. The van der Waals surface area contributed by atoms with Crippen LogP contribution in [-0.4, -0.2) is 25.7 Å². The molecule has 0 amide bonds. The summed E-state index contributed by atoms with van der Waals surface area (Å²) in [4.78, 5) is 0. The van der Waals surface area contributed by atoms with Gasteiger partial charge in [0.15, 0.2) is 0 Å². The second-order valence-electron chi connectivity index (χ2n) is 4.43. The first-order chi connectivity index (χ1) is 4.77. The van der Waals surface area contributed by atoms with Crippen LogP contribution in [0.4, 0.5) is 0 Å². The van der Waals surface area contributed by atoms with Crippen LogP contribution in [0.2, 0.25) is 0 Å². The Bertz CT molecular complexity index is 119. The molecule has 0 unspecified atom stereocenters. The maximum absolute atomic E-state index is 5.79. The van der Waals surface area contributed by atoms with Crippen molar-refractivity contribution in [2.24, 2.45) is 11.4 Å².